The summed E-state index contributed by atoms with van der Waals surface area (Å²) in [6, 6.07) is 4.81. The van der Waals surface area contributed by atoms with Crippen molar-refractivity contribution in [3.63, 3.8) is 0 Å². The minimum Gasteiger partial charge on any atom is -0.478 e. The van der Waals surface area contributed by atoms with Gasteiger partial charge < -0.3 is 9.63 Å². The first kappa shape index (κ1) is 10.6. The van der Waals surface area contributed by atoms with E-state index in [2.05, 4.69) is 5.16 Å². The molecule has 1 aromatic heterocycles. The van der Waals surface area contributed by atoms with Crippen LogP contribution in [0.25, 0.3) is 11.3 Å². The topological polar surface area (TPSA) is 66.2 Å². The van der Waals surface area contributed by atoms with E-state index >= 15 is 0 Å². The highest BCUT2D eigenvalue weighted by Gasteiger charge is 2.14. The molecule has 2 N–H and O–H groups in total. The van der Waals surface area contributed by atoms with Crippen molar-refractivity contribution >= 4 is 18.2 Å². The third-order valence-electron chi connectivity index (χ3n) is 2.03. The number of nitrogens with one attached hydrogen (secondary N) is 1. The maximum atomic E-state index is 13.0. The zero-order valence-electron chi connectivity index (χ0n) is 7.86. The molecule has 0 bridgehead atoms. The van der Waals surface area contributed by atoms with Gasteiger partial charge in [-0.25, -0.2) is 14.3 Å². The van der Waals surface area contributed by atoms with Gasteiger partial charge in [0.05, 0.1) is 11.3 Å². The third-order valence-corrected chi connectivity index (χ3v) is 2.23. The van der Waals surface area contributed by atoms with Crippen LogP contribution < -0.4 is 0 Å². The zero-order valence-corrected chi connectivity index (χ0v) is 8.68. The Kier molecular flexibility index (Phi) is 2.57. The first-order valence-corrected chi connectivity index (χ1v) is 4.70. The maximum Gasteiger partial charge on any atom is 0.336 e. The molecule has 0 fully saturated rings. The predicted molar refractivity (Wildman–Crippen MR) is 56.2 cm³/mol. The van der Waals surface area contributed by atoms with Crippen LogP contribution in [0.3, 0.4) is 0 Å². The average Bonchev–Trinajstić information content (AvgIpc) is 2.64. The number of aromatic carboxylic acids is 1. The summed E-state index contributed by atoms with van der Waals surface area (Å²) in [6.45, 7) is 0. The summed E-state index contributed by atoms with van der Waals surface area (Å²) < 4.78 is 18.0. The van der Waals surface area contributed by atoms with Crippen molar-refractivity contribution in [3.05, 3.63) is 40.4 Å². The second kappa shape index (κ2) is 3.90. The van der Waals surface area contributed by atoms with E-state index in [1.807, 2.05) is 0 Å². The number of hydrogen-bond acceptors (Lipinski definition) is 3. The summed E-state index contributed by atoms with van der Waals surface area (Å²) in [4.78, 5) is 10.9. The van der Waals surface area contributed by atoms with Gasteiger partial charge in [-0.05, 0) is 30.4 Å². The van der Waals surface area contributed by atoms with Gasteiger partial charge in [0.1, 0.15) is 5.82 Å². The van der Waals surface area contributed by atoms with Gasteiger partial charge in [0, 0.05) is 11.6 Å². The van der Waals surface area contributed by atoms with Crippen molar-refractivity contribution in [2.24, 2.45) is 0 Å². The lowest BCUT2D eigenvalue weighted by molar-refractivity contribution is 0.0697. The van der Waals surface area contributed by atoms with Gasteiger partial charge in [0.25, 0.3) is 0 Å². The largest absolute Gasteiger partial charge is 0.478 e. The fourth-order valence-electron chi connectivity index (χ4n) is 1.34. The number of aromatic nitrogens is 1. The zero-order chi connectivity index (χ0) is 11.7. The van der Waals surface area contributed by atoms with E-state index in [9.17, 15) is 9.18 Å². The van der Waals surface area contributed by atoms with Gasteiger partial charge in [-0.3, -0.25) is 0 Å². The van der Waals surface area contributed by atoms with E-state index in [4.69, 9.17) is 21.8 Å². The summed E-state index contributed by atoms with van der Waals surface area (Å²) in [5, 5.41) is 11.4. The molecule has 0 aliphatic heterocycles. The van der Waals surface area contributed by atoms with Gasteiger partial charge in [0.15, 0.2) is 0 Å². The molecule has 82 valence electrons. The second-order valence-corrected chi connectivity index (χ2v) is 3.48. The van der Waals surface area contributed by atoms with Crippen LogP contribution in [0.1, 0.15) is 10.4 Å². The molecule has 2 rings (SSSR count). The maximum absolute atomic E-state index is 13.0. The molecular weight excluding hydrogens is 233 g/mol. The van der Waals surface area contributed by atoms with Crippen molar-refractivity contribution in [2.75, 3.05) is 0 Å². The molecule has 0 saturated carbocycles. The Labute approximate surface area is 94.3 Å². The Bertz CT molecular complexity index is 602. The standard InChI is InChI=1S/C10H6FNO3S/c11-5-1-2-6(10(13)14)7(3-5)8-4-9(16)15-12-8/h1-4,12H,(H,13,14). The molecule has 1 heterocycles. The van der Waals surface area contributed by atoms with Crippen molar-refractivity contribution in [2.45, 2.75) is 0 Å². The number of aromatic amines is 1. The minimum atomic E-state index is -1.14. The van der Waals surface area contributed by atoms with Crippen molar-refractivity contribution in [1.29, 1.82) is 0 Å². The number of benzene rings is 1. The molecule has 0 spiro atoms. The summed E-state index contributed by atoms with van der Waals surface area (Å²) >= 11 is 4.74. The fraction of sp³-hybridized carbons (Fsp3) is 0. The third kappa shape index (κ3) is 1.87. The van der Waals surface area contributed by atoms with Crippen LogP contribution >= 0.6 is 12.2 Å². The van der Waals surface area contributed by atoms with Crippen LogP contribution in [0.5, 0.6) is 0 Å². The van der Waals surface area contributed by atoms with E-state index < -0.39 is 11.8 Å². The molecule has 0 aliphatic carbocycles. The fourth-order valence-corrected chi connectivity index (χ4v) is 1.50. The molecule has 16 heavy (non-hydrogen) atoms. The Hall–Kier alpha value is -1.95. The van der Waals surface area contributed by atoms with Gasteiger partial charge in [-0.2, -0.15) is 0 Å². The highest BCUT2D eigenvalue weighted by molar-refractivity contribution is 7.71. The highest BCUT2D eigenvalue weighted by atomic mass is 32.1. The van der Waals surface area contributed by atoms with Crippen molar-refractivity contribution < 1.29 is 18.8 Å². The number of hydrogen-bond donors (Lipinski definition) is 2. The van der Waals surface area contributed by atoms with Crippen LogP contribution in [0.15, 0.2) is 28.8 Å². The number of H-pyrrole nitrogens is 1. The average molecular weight is 239 g/mol. The molecule has 0 amide bonds. The Morgan fingerprint density at radius 1 is 1.44 bits per heavy atom. The van der Waals surface area contributed by atoms with E-state index in [1.165, 1.54) is 12.1 Å². The normalized spacial score (nSPS) is 10.3. The lowest BCUT2D eigenvalue weighted by Crippen LogP contribution is -2.00. The Morgan fingerprint density at radius 2 is 2.19 bits per heavy atom. The van der Waals surface area contributed by atoms with Crippen LogP contribution in [-0.2, 0) is 0 Å². The number of carbonyl (C=O) groups is 1. The lowest BCUT2D eigenvalue weighted by Gasteiger charge is -2.02. The second-order valence-electron chi connectivity index (χ2n) is 3.08. The van der Waals surface area contributed by atoms with Crippen LogP contribution in [0.4, 0.5) is 4.39 Å². The highest BCUT2D eigenvalue weighted by Crippen LogP contribution is 2.23. The number of carboxylic acids is 1. The molecule has 0 atom stereocenters. The Balaban J connectivity index is 2.66. The SMILES string of the molecule is O=C(O)c1ccc(F)cc1-c1cc(=S)o[nH]1. The van der Waals surface area contributed by atoms with Gasteiger partial charge in [-0.15, -0.1) is 0 Å². The van der Waals surface area contributed by atoms with E-state index in [0.29, 0.717) is 5.69 Å². The summed E-state index contributed by atoms with van der Waals surface area (Å²) in [7, 11) is 0. The van der Waals surface area contributed by atoms with Gasteiger partial charge in [0.2, 0.25) is 4.71 Å². The number of halogens is 1. The van der Waals surface area contributed by atoms with Crippen molar-refractivity contribution in [1.82, 2.24) is 5.16 Å². The first-order chi connectivity index (χ1) is 7.58. The van der Waals surface area contributed by atoms with Crippen molar-refractivity contribution in [3.8, 4) is 11.3 Å². The van der Waals surface area contributed by atoms with E-state index in [1.54, 1.807) is 0 Å². The molecule has 0 saturated heterocycles. The first-order valence-electron chi connectivity index (χ1n) is 4.29. The number of carboxylic acid groups (broad SMARTS) is 1. The van der Waals surface area contributed by atoms with Gasteiger partial charge >= 0.3 is 5.97 Å². The van der Waals surface area contributed by atoms with Crippen LogP contribution in [0, 0.1) is 10.5 Å². The summed E-state index contributed by atoms with van der Waals surface area (Å²) in [6.07, 6.45) is 0. The van der Waals surface area contributed by atoms with E-state index in [-0.39, 0.29) is 15.8 Å². The lowest BCUT2D eigenvalue weighted by atomic mass is 10.0. The van der Waals surface area contributed by atoms with E-state index in [0.717, 1.165) is 12.1 Å². The summed E-state index contributed by atoms with van der Waals surface area (Å²) in [5.74, 6) is -1.67. The monoisotopic (exact) mass is 239 g/mol. The molecule has 0 aliphatic rings. The molecule has 4 nitrogen and oxygen atoms in total. The molecule has 0 unspecified atom stereocenters. The summed E-state index contributed by atoms with van der Waals surface area (Å²) in [5.41, 5.74) is 0.516. The molecule has 2 aromatic rings. The molecule has 1 aromatic carbocycles. The van der Waals surface area contributed by atoms with Gasteiger partial charge in [-0.1, -0.05) is 0 Å². The Morgan fingerprint density at radius 3 is 2.75 bits per heavy atom. The molecular formula is C10H6FNO3S. The van der Waals surface area contributed by atoms with Crippen LogP contribution in [-0.4, -0.2) is 16.2 Å². The molecule has 0 radical (unpaired) electrons. The minimum absolute atomic E-state index is 0.0200. The predicted octanol–water partition coefficient (Wildman–Crippen LogP) is 2.84. The smallest absolute Gasteiger partial charge is 0.336 e. The molecule has 6 heteroatoms. The quantitative estimate of drug-likeness (QED) is 0.791. The number of rotatable bonds is 2. The van der Waals surface area contributed by atoms with Crippen LogP contribution in [0.2, 0.25) is 0 Å².